The van der Waals surface area contributed by atoms with Crippen molar-refractivity contribution >= 4 is 27.5 Å². The third-order valence-electron chi connectivity index (χ3n) is 2.34. The molecule has 2 rings (SSSR count). The van der Waals surface area contributed by atoms with E-state index in [1.807, 2.05) is 6.92 Å². The molecule has 2 heterocycles. The molecule has 1 atom stereocenters. The first-order chi connectivity index (χ1) is 7.72. The number of aryl methyl sites for hydroxylation is 1. The van der Waals surface area contributed by atoms with E-state index in [4.69, 9.17) is 21.1 Å². The molecule has 0 saturated carbocycles. The van der Waals surface area contributed by atoms with E-state index in [2.05, 4.69) is 25.9 Å². The van der Waals surface area contributed by atoms with E-state index in [-0.39, 0.29) is 6.10 Å². The number of nitrogens with zero attached hydrogens (tertiary/aromatic N) is 2. The Bertz CT molecular complexity index is 383. The Hall–Kier alpha value is -0.230. The van der Waals surface area contributed by atoms with Crippen LogP contribution >= 0.6 is 27.5 Å². The average Bonchev–Trinajstić information content (AvgIpc) is 2.33. The summed E-state index contributed by atoms with van der Waals surface area (Å²) in [6, 6.07) is 0. The first-order valence-corrected chi connectivity index (χ1v) is 6.30. The van der Waals surface area contributed by atoms with Crippen LogP contribution in [0.2, 0.25) is 5.15 Å². The van der Waals surface area contributed by atoms with Gasteiger partial charge in [-0.25, -0.2) is 9.97 Å². The van der Waals surface area contributed by atoms with Crippen molar-refractivity contribution in [1.29, 1.82) is 0 Å². The first-order valence-electron chi connectivity index (χ1n) is 5.13. The molecule has 0 amide bonds. The molecule has 0 radical (unpaired) electrons. The summed E-state index contributed by atoms with van der Waals surface area (Å²) in [4.78, 5) is 8.64. The Labute approximate surface area is 107 Å². The topological polar surface area (TPSA) is 44.2 Å². The zero-order valence-corrected chi connectivity index (χ0v) is 11.2. The average molecular weight is 308 g/mol. The minimum absolute atomic E-state index is 0.204. The van der Waals surface area contributed by atoms with Crippen LogP contribution in [0, 0.1) is 0 Å². The third kappa shape index (κ3) is 2.53. The Balaban J connectivity index is 2.29. The standard InChI is InChI=1S/C10H12BrClN2O2/c1-2-6-8(11)9(12)14-10(13-6)7-5-15-3-4-16-7/h7H,2-5H2,1H3. The van der Waals surface area contributed by atoms with Crippen molar-refractivity contribution in [3.8, 4) is 0 Å². The van der Waals surface area contributed by atoms with E-state index in [1.165, 1.54) is 0 Å². The van der Waals surface area contributed by atoms with Gasteiger partial charge in [-0.3, -0.25) is 0 Å². The molecule has 0 aliphatic carbocycles. The summed E-state index contributed by atoms with van der Waals surface area (Å²) in [6.45, 7) is 3.71. The second-order valence-corrected chi connectivity index (χ2v) is 4.57. The van der Waals surface area contributed by atoms with Crippen molar-refractivity contribution in [1.82, 2.24) is 9.97 Å². The van der Waals surface area contributed by atoms with Crippen LogP contribution in [-0.4, -0.2) is 29.8 Å². The third-order valence-corrected chi connectivity index (χ3v) is 3.67. The highest BCUT2D eigenvalue weighted by Crippen LogP contribution is 2.27. The van der Waals surface area contributed by atoms with Crippen LogP contribution in [0.15, 0.2) is 4.47 Å². The molecule has 1 aromatic rings. The molecule has 1 unspecified atom stereocenters. The van der Waals surface area contributed by atoms with Gasteiger partial charge in [0.2, 0.25) is 0 Å². The number of hydrogen-bond acceptors (Lipinski definition) is 4. The van der Waals surface area contributed by atoms with Crippen molar-refractivity contribution in [2.45, 2.75) is 19.4 Å². The summed E-state index contributed by atoms with van der Waals surface area (Å²) in [5.74, 6) is 0.602. The maximum Gasteiger partial charge on any atom is 0.161 e. The fraction of sp³-hybridized carbons (Fsp3) is 0.600. The molecule has 4 nitrogen and oxygen atoms in total. The van der Waals surface area contributed by atoms with Crippen LogP contribution in [0.3, 0.4) is 0 Å². The van der Waals surface area contributed by atoms with Gasteiger partial charge in [0.05, 0.1) is 30.0 Å². The van der Waals surface area contributed by atoms with Crippen LogP contribution in [0.4, 0.5) is 0 Å². The van der Waals surface area contributed by atoms with Crippen LogP contribution in [-0.2, 0) is 15.9 Å². The number of rotatable bonds is 2. The molecule has 1 aliphatic heterocycles. The molecular weight excluding hydrogens is 295 g/mol. The maximum absolute atomic E-state index is 6.02. The number of halogens is 2. The lowest BCUT2D eigenvalue weighted by atomic mass is 10.3. The minimum atomic E-state index is -0.204. The first kappa shape index (κ1) is 12.2. The van der Waals surface area contributed by atoms with Crippen molar-refractivity contribution in [3.05, 3.63) is 21.1 Å². The minimum Gasteiger partial charge on any atom is -0.376 e. The fourth-order valence-electron chi connectivity index (χ4n) is 1.50. The van der Waals surface area contributed by atoms with Gasteiger partial charge in [-0.05, 0) is 22.4 Å². The van der Waals surface area contributed by atoms with E-state index >= 15 is 0 Å². The monoisotopic (exact) mass is 306 g/mol. The van der Waals surface area contributed by atoms with Crippen molar-refractivity contribution < 1.29 is 9.47 Å². The zero-order valence-electron chi connectivity index (χ0n) is 8.87. The lowest BCUT2D eigenvalue weighted by Gasteiger charge is -2.22. The van der Waals surface area contributed by atoms with Crippen LogP contribution in [0.25, 0.3) is 0 Å². The lowest BCUT2D eigenvalue weighted by Crippen LogP contribution is -2.24. The van der Waals surface area contributed by atoms with Crippen molar-refractivity contribution in [3.63, 3.8) is 0 Å². The normalized spacial score (nSPS) is 21.1. The molecule has 0 N–H and O–H groups in total. The van der Waals surface area contributed by atoms with Gasteiger partial charge < -0.3 is 9.47 Å². The molecule has 0 spiro atoms. The van der Waals surface area contributed by atoms with Gasteiger partial charge in [-0.2, -0.15) is 0 Å². The highest BCUT2D eigenvalue weighted by atomic mass is 79.9. The summed E-state index contributed by atoms with van der Waals surface area (Å²) in [5.41, 5.74) is 0.893. The summed E-state index contributed by atoms with van der Waals surface area (Å²) in [7, 11) is 0. The van der Waals surface area contributed by atoms with Crippen LogP contribution in [0.1, 0.15) is 24.5 Å². The predicted octanol–water partition coefficient (Wildman–Crippen LogP) is 2.54. The van der Waals surface area contributed by atoms with Gasteiger partial charge in [-0.1, -0.05) is 18.5 Å². The van der Waals surface area contributed by atoms with Crippen molar-refractivity contribution in [2.75, 3.05) is 19.8 Å². The molecule has 1 saturated heterocycles. The Morgan fingerprint density at radius 2 is 2.25 bits per heavy atom. The molecular formula is C10H12BrClN2O2. The maximum atomic E-state index is 6.02. The van der Waals surface area contributed by atoms with Gasteiger partial charge in [0.1, 0.15) is 11.3 Å². The van der Waals surface area contributed by atoms with Crippen LogP contribution < -0.4 is 0 Å². The number of ether oxygens (including phenoxy) is 2. The Morgan fingerprint density at radius 1 is 1.44 bits per heavy atom. The van der Waals surface area contributed by atoms with E-state index in [0.29, 0.717) is 30.8 Å². The second-order valence-electron chi connectivity index (χ2n) is 3.42. The SMILES string of the molecule is CCc1nc(C2COCCO2)nc(Cl)c1Br. The van der Waals surface area contributed by atoms with E-state index in [1.54, 1.807) is 0 Å². The van der Waals surface area contributed by atoms with Gasteiger partial charge in [0.15, 0.2) is 5.82 Å². The smallest absolute Gasteiger partial charge is 0.161 e. The Morgan fingerprint density at radius 3 is 2.88 bits per heavy atom. The molecule has 0 bridgehead atoms. The predicted molar refractivity (Wildman–Crippen MR) is 63.6 cm³/mol. The second kappa shape index (κ2) is 5.40. The summed E-state index contributed by atoms with van der Waals surface area (Å²) in [6.07, 6.45) is 0.591. The fourth-order valence-corrected chi connectivity index (χ4v) is 2.15. The number of aromatic nitrogens is 2. The van der Waals surface area contributed by atoms with Gasteiger partial charge in [0.25, 0.3) is 0 Å². The van der Waals surface area contributed by atoms with E-state index in [0.717, 1.165) is 16.6 Å². The summed E-state index contributed by atoms with van der Waals surface area (Å²) >= 11 is 9.39. The molecule has 16 heavy (non-hydrogen) atoms. The van der Waals surface area contributed by atoms with Gasteiger partial charge in [0, 0.05) is 0 Å². The molecule has 6 heteroatoms. The lowest BCUT2D eigenvalue weighted by molar-refractivity contribution is -0.0936. The summed E-state index contributed by atoms with van der Waals surface area (Å²) in [5, 5.41) is 0.427. The molecule has 1 aromatic heterocycles. The molecule has 1 aliphatic rings. The molecule has 1 fully saturated rings. The van der Waals surface area contributed by atoms with E-state index < -0.39 is 0 Å². The molecule has 0 aromatic carbocycles. The highest BCUT2D eigenvalue weighted by molar-refractivity contribution is 9.10. The zero-order chi connectivity index (χ0) is 11.5. The highest BCUT2D eigenvalue weighted by Gasteiger charge is 2.21. The van der Waals surface area contributed by atoms with Gasteiger partial charge in [-0.15, -0.1) is 0 Å². The van der Waals surface area contributed by atoms with E-state index in [9.17, 15) is 0 Å². The van der Waals surface area contributed by atoms with Crippen LogP contribution in [0.5, 0.6) is 0 Å². The van der Waals surface area contributed by atoms with Crippen molar-refractivity contribution in [2.24, 2.45) is 0 Å². The molecule has 88 valence electrons. The number of hydrogen-bond donors (Lipinski definition) is 0. The van der Waals surface area contributed by atoms with Gasteiger partial charge >= 0.3 is 0 Å². The Kier molecular flexibility index (Phi) is 4.13. The largest absolute Gasteiger partial charge is 0.376 e. The summed E-state index contributed by atoms with van der Waals surface area (Å²) < 4.78 is 11.6. The quantitative estimate of drug-likeness (QED) is 0.788.